The van der Waals surface area contributed by atoms with Gasteiger partial charge in [-0.1, -0.05) is 25.5 Å². The molecule has 0 spiro atoms. The highest BCUT2D eigenvalue weighted by Crippen LogP contribution is 2.32. The van der Waals surface area contributed by atoms with E-state index >= 15 is 0 Å². The zero-order chi connectivity index (χ0) is 26.3. The summed E-state index contributed by atoms with van der Waals surface area (Å²) in [6, 6.07) is 17.2. The van der Waals surface area contributed by atoms with Crippen molar-refractivity contribution in [1.82, 2.24) is 24.8 Å². The number of halogens is 3. The molecule has 6 rings (SSSR count). The van der Waals surface area contributed by atoms with Crippen molar-refractivity contribution in [2.75, 3.05) is 37.6 Å². The lowest BCUT2D eigenvalue weighted by molar-refractivity contribution is -0.137. The third kappa shape index (κ3) is 4.86. The van der Waals surface area contributed by atoms with Gasteiger partial charge >= 0.3 is 6.18 Å². The first-order valence-electron chi connectivity index (χ1n) is 13.0. The quantitative estimate of drug-likeness (QED) is 0.262. The number of fused-ring (bicyclic) bond motifs is 2. The lowest BCUT2D eigenvalue weighted by Crippen LogP contribution is -2.46. The summed E-state index contributed by atoms with van der Waals surface area (Å²) in [5.41, 5.74) is 5.44. The maximum atomic E-state index is 12.9. The lowest BCUT2D eigenvalue weighted by Gasteiger charge is -2.36. The Kier molecular flexibility index (Phi) is 6.31. The zero-order valence-corrected chi connectivity index (χ0v) is 21.1. The third-order valence-electron chi connectivity index (χ3n) is 7.27. The minimum atomic E-state index is -4.36. The molecule has 0 radical (unpaired) electrons. The van der Waals surface area contributed by atoms with E-state index in [9.17, 15) is 13.2 Å². The first-order valence-corrected chi connectivity index (χ1v) is 13.0. The molecule has 196 valence electrons. The molecule has 0 atom stereocenters. The standard InChI is InChI=1S/C29H29F3N6/c1-2-3-12-37-13-15-38(16-14-37)22-9-11-24-26(18-22)36-28(34-24)20-6-10-23-25(17-20)35-27(33-23)19-4-7-21(8-5-19)29(30,31)32/h4-11,17-18H,2-3,12-16H2,1H3,(H,33,35)(H,34,36). The van der Waals surface area contributed by atoms with Crippen LogP contribution in [0.25, 0.3) is 44.8 Å². The molecule has 0 saturated carbocycles. The Morgan fingerprint density at radius 3 is 2.03 bits per heavy atom. The average Bonchev–Trinajstić information content (AvgIpc) is 3.55. The van der Waals surface area contributed by atoms with Crippen LogP contribution in [0.3, 0.4) is 0 Å². The molecule has 1 aliphatic rings. The van der Waals surface area contributed by atoms with Gasteiger partial charge in [-0.15, -0.1) is 0 Å². The van der Waals surface area contributed by atoms with E-state index in [2.05, 4.69) is 49.9 Å². The van der Waals surface area contributed by atoms with Gasteiger partial charge < -0.3 is 14.9 Å². The van der Waals surface area contributed by atoms with Crippen LogP contribution >= 0.6 is 0 Å². The van der Waals surface area contributed by atoms with Crippen molar-refractivity contribution in [2.45, 2.75) is 25.9 Å². The summed E-state index contributed by atoms with van der Waals surface area (Å²) in [7, 11) is 0. The molecule has 1 saturated heterocycles. The molecule has 0 amide bonds. The molecule has 5 aromatic rings. The third-order valence-corrected chi connectivity index (χ3v) is 7.27. The second kappa shape index (κ2) is 9.79. The average molecular weight is 519 g/mol. The molecule has 6 nitrogen and oxygen atoms in total. The van der Waals surface area contributed by atoms with Gasteiger partial charge in [0.25, 0.3) is 0 Å². The van der Waals surface area contributed by atoms with E-state index in [0.29, 0.717) is 11.4 Å². The van der Waals surface area contributed by atoms with E-state index in [4.69, 9.17) is 4.98 Å². The van der Waals surface area contributed by atoms with Crippen molar-refractivity contribution in [3.8, 4) is 22.8 Å². The molecular weight excluding hydrogens is 489 g/mol. The van der Waals surface area contributed by atoms with Crippen LogP contribution in [0.5, 0.6) is 0 Å². The largest absolute Gasteiger partial charge is 0.416 e. The van der Waals surface area contributed by atoms with Gasteiger partial charge in [0.2, 0.25) is 0 Å². The molecule has 1 fully saturated rings. The Balaban J connectivity index is 1.22. The fraction of sp³-hybridized carbons (Fsp3) is 0.310. The Bertz CT molecular complexity index is 1560. The number of H-pyrrole nitrogens is 2. The molecule has 38 heavy (non-hydrogen) atoms. The maximum absolute atomic E-state index is 12.9. The number of alkyl halides is 3. The topological polar surface area (TPSA) is 63.8 Å². The molecule has 1 aliphatic heterocycles. The summed E-state index contributed by atoms with van der Waals surface area (Å²) in [5.74, 6) is 1.28. The molecule has 3 aromatic carbocycles. The van der Waals surface area contributed by atoms with Gasteiger partial charge in [0.15, 0.2) is 0 Å². The molecular formula is C29H29F3N6. The van der Waals surface area contributed by atoms with Crippen molar-refractivity contribution in [3.05, 3.63) is 66.2 Å². The highest BCUT2D eigenvalue weighted by atomic mass is 19.4. The lowest BCUT2D eigenvalue weighted by atomic mass is 10.1. The summed E-state index contributed by atoms with van der Waals surface area (Å²) >= 11 is 0. The van der Waals surface area contributed by atoms with Gasteiger partial charge in [-0.05, 0) is 61.5 Å². The van der Waals surface area contributed by atoms with Crippen molar-refractivity contribution >= 4 is 27.8 Å². The van der Waals surface area contributed by atoms with Crippen molar-refractivity contribution in [3.63, 3.8) is 0 Å². The number of rotatable bonds is 6. The minimum absolute atomic E-state index is 0.523. The van der Waals surface area contributed by atoms with Crippen molar-refractivity contribution in [1.29, 1.82) is 0 Å². The van der Waals surface area contributed by atoms with Crippen LogP contribution in [0.15, 0.2) is 60.7 Å². The zero-order valence-electron chi connectivity index (χ0n) is 21.1. The molecule has 0 unspecified atom stereocenters. The number of nitrogens with one attached hydrogen (secondary N) is 2. The number of nitrogens with zero attached hydrogens (tertiary/aromatic N) is 4. The Morgan fingerprint density at radius 2 is 1.37 bits per heavy atom. The molecule has 2 aromatic heterocycles. The monoisotopic (exact) mass is 518 g/mol. The van der Waals surface area contributed by atoms with Gasteiger partial charge in [0, 0.05) is 43.0 Å². The summed E-state index contributed by atoms with van der Waals surface area (Å²) in [6.45, 7) is 7.63. The Labute approximate surface area is 218 Å². The maximum Gasteiger partial charge on any atom is 0.416 e. The number of piperazine rings is 1. The van der Waals surface area contributed by atoms with Gasteiger partial charge in [0.1, 0.15) is 11.6 Å². The predicted molar refractivity (Wildman–Crippen MR) is 145 cm³/mol. The number of hydrogen-bond acceptors (Lipinski definition) is 4. The highest BCUT2D eigenvalue weighted by molar-refractivity contribution is 5.87. The van der Waals surface area contributed by atoms with Gasteiger partial charge in [-0.3, -0.25) is 4.90 Å². The first-order chi connectivity index (χ1) is 18.4. The molecule has 0 aliphatic carbocycles. The van der Waals surface area contributed by atoms with E-state index in [1.165, 1.54) is 37.2 Å². The smallest absolute Gasteiger partial charge is 0.369 e. The van der Waals surface area contributed by atoms with Gasteiger partial charge in [-0.25, -0.2) is 9.97 Å². The number of hydrogen-bond donors (Lipinski definition) is 2. The Morgan fingerprint density at radius 1 is 0.763 bits per heavy atom. The van der Waals surface area contributed by atoms with Crippen molar-refractivity contribution in [2.24, 2.45) is 0 Å². The summed E-state index contributed by atoms with van der Waals surface area (Å²) in [6.07, 6.45) is -1.88. The van der Waals surface area contributed by atoms with Crippen LogP contribution in [0.4, 0.5) is 18.9 Å². The molecule has 2 N–H and O–H groups in total. The van der Waals surface area contributed by atoms with Crippen LogP contribution < -0.4 is 4.90 Å². The van der Waals surface area contributed by atoms with Gasteiger partial charge in [-0.2, -0.15) is 13.2 Å². The number of anilines is 1. The molecule has 9 heteroatoms. The van der Waals surface area contributed by atoms with Crippen LogP contribution in [-0.2, 0) is 6.18 Å². The SMILES string of the molecule is CCCCN1CCN(c2ccc3nc(-c4ccc5nc(-c6ccc(C(F)(F)F)cc6)[nH]c5c4)[nH]c3c2)CC1. The second-order valence-corrected chi connectivity index (χ2v) is 9.86. The van der Waals surface area contributed by atoms with Crippen LogP contribution in [-0.4, -0.2) is 57.6 Å². The fourth-order valence-corrected chi connectivity index (χ4v) is 5.05. The molecule has 0 bridgehead atoms. The van der Waals surface area contributed by atoms with Crippen molar-refractivity contribution < 1.29 is 13.2 Å². The Hall–Kier alpha value is -3.85. The minimum Gasteiger partial charge on any atom is -0.369 e. The van der Waals surface area contributed by atoms with E-state index in [0.717, 1.165) is 71.8 Å². The predicted octanol–water partition coefficient (Wildman–Crippen LogP) is 6.71. The number of benzene rings is 3. The summed E-state index contributed by atoms with van der Waals surface area (Å²) < 4.78 is 38.7. The summed E-state index contributed by atoms with van der Waals surface area (Å²) in [4.78, 5) is 21.0. The number of imidazole rings is 2. The van der Waals surface area contributed by atoms with Crippen LogP contribution in [0.2, 0.25) is 0 Å². The van der Waals surface area contributed by atoms with E-state index < -0.39 is 11.7 Å². The van der Waals surface area contributed by atoms with Crippen LogP contribution in [0, 0.1) is 0 Å². The number of aromatic amines is 2. The number of unbranched alkanes of at least 4 members (excludes halogenated alkanes) is 1. The van der Waals surface area contributed by atoms with Crippen LogP contribution in [0.1, 0.15) is 25.3 Å². The van der Waals surface area contributed by atoms with E-state index in [1.54, 1.807) is 0 Å². The summed E-state index contributed by atoms with van der Waals surface area (Å²) in [5, 5.41) is 0. The van der Waals surface area contributed by atoms with E-state index in [1.807, 2.05) is 18.2 Å². The number of aromatic nitrogens is 4. The normalized spacial score (nSPS) is 15.1. The van der Waals surface area contributed by atoms with E-state index in [-0.39, 0.29) is 0 Å². The second-order valence-electron chi connectivity index (χ2n) is 9.86. The van der Waals surface area contributed by atoms with Gasteiger partial charge in [0.05, 0.1) is 27.6 Å². The highest BCUT2D eigenvalue weighted by Gasteiger charge is 2.30. The first kappa shape index (κ1) is 24.5. The fourth-order valence-electron chi connectivity index (χ4n) is 5.05. The molecule has 3 heterocycles.